The molecule has 0 amide bonds. The van der Waals surface area contributed by atoms with Crippen LogP contribution >= 0.6 is 0 Å². The summed E-state index contributed by atoms with van der Waals surface area (Å²) in [5, 5.41) is 0. The first kappa shape index (κ1) is 15.3. The molecule has 0 fully saturated rings. The van der Waals surface area contributed by atoms with Crippen LogP contribution in [0.25, 0.3) is 4.72 Å². The second-order valence-corrected chi connectivity index (χ2v) is 6.04. The third-order valence-corrected chi connectivity index (χ3v) is 3.83. The van der Waals surface area contributed by atoms with Crippen LogP contribution in [0.2, 0.25) is 0 Å². The van der Waals surface area contributed by atoms with E-state index in [0.717, 1.165) is 0 Å². The Balaban J connectivity index is 2.03. The first-order chi connectivity index (χ1) is 9.98. The molecule has 0 unspecified atom stereocenters. The lowest BCUT2D eigenvalue weighted by molar-refractivity contribution is -0.360. The zero-order valence-corrected chi connectivity index (χ0v) is 12.0. The number of rotatable bonds is 6. The van der Waals surface area contributed by atoms with E-state index in [2.05, 4.69) is 10.5 Å². The second-order valence-electron chi connectivity index (χ2n) is 4.28. The fourth-order valence-corrected chi connectivity index (χ4v) is 2.50. The molecule has 5 nitrogen and oxygen atoms in total. The Bertz CT molecular complexity index is 685. The van der Waals surface area contributed by atoms with Gasteiger partial charge in [0.2, 0.25) is 0 Å². The standard InChI is InChI=1S/C14H14FN2O3S/c15-11-1-5-13(6-2-11)20-14-7-3-12(4-8-14)17-21(18,19)10-9-16/h1-8H,9-10,16H2/q-1/p+1. The molecular formula is C14H15FN2O3S. The van der Waals surface area contributed by atoms with Gasteiger partial charge >= 0.3 is 0 Å². The number of benzene rings is 2. The summed E-state index contributed by atoms with van der Waals surface area (Å²) in [5.41, 5.74) is 3.82. The van der Waals surface area contributed by atoms with Crippen molar-refractivity contribution < 1.29 is 23.3 Å². The lowest BCUT2D eigenvalue weighted by Crippen LogP contribution is -2.52. The largest absolute Gasteiger partial charge is 0.577 e. The number of sulfonamides is 1. The quantitative estimate of drug-likeness (QED) is 0.887. The van der Waals surface area contributed by atoms with Gasteiger partial charge in [0.25, 0.3) is 0 Å². The van der Waals surface area contributed by atoms with Crippen molar-refractivity contribution in [3.8, 4) is 11.5 Å². The van der Waals surface area contributed by atoms with Gasteiger partial charge in [0.1, 0.15) is 17.3 Å². The number of quaternary nitrogens is 1. The lowest BCUT2D eigenvalue weighted by Gasteiger charge is -2.20. The monoisotopic (exact) mass is 310 g/mol. The summed E-state index contributed by atoms with van der Waals surface area (Å²) in [6, 6.07) is 11.9. The van der Waals surface area contributed by atoms with Crippen LogP contribution in [0.5, 0.6) is 11.5 Å². The molecule has 0 aliphatic carbocycles. The van der Waals surface area contributed by atoms with Crippen molar-refractivity contribution in [2.75, 3.05) is 12.3 Å². The van der Waals surface area contributed by atoms with Crippen molar-refractivity contribution in [3.05, 3.63) is 59.1 Å². The van der Waals surface area contributed by atoms with Gasteiger partial charge in [-0.15, -0.1) is 5.69 Å². The van der Waals surface area contributed by atoms with E-state index in [4.69, 9.17) is 4.74 Å². The Morgan fingerprint density at radius 1 is 1.00 bits per heavy atom. The zero-order chi connectivity index (χ0) is 15.3. The molecule has 0 heterocycles. The normalized spacial score (nSPS) is 11.1. The average Bonchev–Trinajstić information content (AvgIpc) is 2.43. The van der Waals surface area contributed by atoms with Crippen LogP contribution in [-0.4, -0.2) is 20.7 Å². The molecule has 0 aliphatic heterocycles. The Morgan fingerprint density at radius 2 is 1.52 bits per heavy atom. The summed E-state index contributed by atoms with van der Waals surface area (Å²) in [5.74, 6) is 0.578. The molecule has 0 atom stereocenters. The molecule has 0 radical (unpaired) electrons. The van der Waals surface area contributed by atoms with Gasteiger partial charge in [-0.05, 0) is 36.4 Å². The Labute approximate surface area is 122 Å². The highest BCUT2D eigenvalue weighted by Crippen LogP contribution is 2.27. The van der Waals surface area contributed by atoms with E-state index in [0.29, 0.717) is 17.2 Å². The first-order valence-electron chi connectivity index (χ1n) is 6.27. The van der Waals surface area contributed by atoms with Gasteiger partial charge in [-0.3, -0.25) is 0 Å². The fourth-order valence-electron chi connectivity index (χ4n) is 1.60. The highest BCUT2D eigenvalue weighted by Gasteiger charge is 2.00. The smallest absolute Gasteiger partial charge is 0.127 e. The minimum Gasteiger partial charge on any atom is -0.577 e. The van der Waals surface area contributed by atoms with E-state index in [-0.39, 0.29) is 18.1 Å². The molecule has 2 aromatic carbocycles. The van der Waals surface area contributed by atoms with Gasteiger partial charge in [0, 0.05) is 0 Å². The Hall–Kier alpha value is -2.12. The van der Waals surface area contributed by atoms with Crippen molar-refractivity contribution >= 4 is 15.7 Å². The van der Waals surface area contributed by atoms with Crippen LogP contribution in [0.15, 0.2) is 48.5 Å². The molecule has 21 heavy (non-hydrogen) atoms. The van der Waals surface area contributed by atoms with Gasteiger partial charge in [-0.1, -0.05) is 12.1 Å². The minimum atomic E-state index is -3.48. The molecule has 2 aromatic rings. The van der Waals surface area contributed by atoms with Crippen molar-refractivity contribution in [2.24, 2.45) is 0 Å². The maximum Gasteiger partial charge on any atom is 0.127 e. The van der Waals surface area contributed by atoms with Crippen LogP contribution in [0, 0.1) is 5.82 Å². The van der Waals surface area contributed by atoms with E-state index in [1.165, 1.54) is 24.3 Å². The topological polar surface area (TPSA) is 85.1 Å². The molecule has 112 valence electrons. The zero-order valence-electron chi connectivity index (χ0n) is 11.2. The van der Waals surface area contributed by atoms with E-state index in [9.17, 15) is 12.8 Å². The van der Waals surface area contributed by atoms with Crippen LogP contribution in [-0.2, 0) is 10.0 Å². The van der Waals surface area contributed by atoms with Gasteiger partial charge in [-0.25, -0.2) is 12.8 Å². The SMILES string of the molecule is [NH3+]CCS(=O)(=O)[N-]c1ccc(Oc2ccc(F)cc2)cc1. The van der Waals surface area contributed by atoms with Crippen LogP contribution < -0.4 is 10.5 Å². The molecule has 0 aliphatic rings. The summed E-state index contributed by atoms with van der Waals surface area (Å²) in [6.07, 6.45) is 0. The van der Waals surface area contributed by atoms with Gasteiger partial charge in [0.15, 0.2) is 0 Å². The molecule has 3 N–H and O–H groups in total. The fraction of sp³-hybridized carbons (Fsp3) is 0.143. The number of hydrogen-bond acceptors (Lipinski definition) is 3. The van der Waals surface area contributed by atoms with Crippen LogP contribution in [0.3, 0.4) is 0 Å². The summed E-state index contributed by atoms with van der Waals surface area (Å²) in [6.45, 7) is 0.275. The minimum absolute atomic E-state index is 0.0825. The molecule has 2 rings (SSSR count). The number of halogens is 1. The van der Waals surface area contributed by atoms with Crippen molar-refractivity contribution in [2.45, 2.75) is 0 Å². The van der Waals surface area contributed by atoms with Crippen molar-refractivity contribution in [3.63, 3.8) is 0 Å². The lowest BCUT2D eigenvalue weighted by atomic mass is 10.3. The molecule has 0 spiro atoms. The maximum absolute atomic E-state index is 12.8. The highest BCUT2D eigenvalue weighted by molar-refractivity contribution is 7.94. The third-order valence-electron chi connectivity index (χ3n) is 2.53. The maximum atomic E-state index is 12.8. The molecule has 0 aromatic heterocycles. The predicted octanol–water partition coefficient (Wildman–Crippen LogP) is 2.19. The van der Waals surface area contributed by atoms with Crippen molar-refractivity contribution in [1.82, 2.24) is 0 Å². The molecule has 7 heteroatoms. The van der Waals surface area contributed by atoms with E-state index >= 15 is 0 Å². The summed E-state index contributed by atoms with van der Waals surface area (Å²) < 4.78 is 45.0. The van der Waals surface area contributed by atoms with E-state index in [1.807, 2.05) is 0 Å². The van der Waals surface area contributed by atoms with E-state index < -0.39 is 10.0 Å². The van der Waals surface area contributed by atoms with E-state index in [1.54, 1.807) is 24.3 Å². The van der Waals surface area contributed by atoms with Gasteiger partial charge in [0.05, 0.1) is 22.3 Å². The Kier molecular flexibility index (Phi) is 4.77. The van der Waals surface area contributed by atoms with Crippen LogP contribution in [0.4, 0.5) is 10.1 Å². The van der Waals surface area contributed by atoms with Gasteiger partial charge < -0.3 is 15.2 Å². The summed E-state index contributed by atoms with van der Waals surface area (Å²) in [7, 11) is -3.48. The van der Waals surface area contributed by atoms with Crippen LogP contribution in [0.1, 0.15) is 0 Å². The van der Waals surface area contributed by atoms with Gasteiger partial charge in [-0.2, -0.15) is 0 Å². The summed E-state index contributed by atoms with van der Waals surface area (Å²) in [4.78, 5) is 0. The average molecular weight is 310 g/mol. The number of nitrogens with zero attached hydrogens (tertiary/aromatic N) is 1. The second kappa shape index (κ2) is 6.55. The third kappa shape index (κ3) is 4.73. The Morgan fingerprint density at radius 3 is 2.05 bits per heavy atom. The number of hydrogen-bond donors (Lipinski definition) is 1. The molecule has 0 bridgehead atoms. The predicted molar refractivity (Wildman–Crippen MR) is 77.5 cm³/mol. The highest BCUT2D eigenvalue weighted by atomic mass is 32.2. The number of ether oxygens (including phenoxy) is 1. The molecule has 0 saturated carbocycles. The van der Waals surface area contributed by atoms with Crippen molar-refractivity contribution in [1.29, 1.82) is 0 Å². The molecular weight excluding hydrogens is 295 g/mol. The molecule has 0 saturated heterocycles. The first-order valence-corrected chi connectivity index (χ1v) is 7.88. The summed E-state index contributed by atoms with van der Waals surface area (Å²) >= 11 is 0.